The van der Waals surface area contributed by atoms with Crippen LogP contribution in [0.4, 0.5) is 10.1 Å². The number of rotatable bonds is 4. The predicted molar refractivity (Wildman–Crippen MR) is 128 cm³/mol. The maximum Gasteiger partial charge on any atom is 0.272 e. The Morgan fingerprint density at radius 2 is 1.52 bits per heavy atom. The molecule has 0 N–H and O–H groups in total. The van der Waals surface area contributed by atoms with E-state index in [4.69, 9.17) is 5.10 Å². The topological polar surface area (TPSA) is 41.4 Å². The highest BCUT2D eigenvalue weighted by Crippen LogP contribution is 2.25. The molecule has 6 heteroatoms. The molecule has 166 valence electrons. The highest BCUT2D eigenvalue weighted by atomic mass is 19.1. The predicted octanol–water partition coefficient (Wildman–Crippen LogP) is 4.95. The summed E-state index contributed by atoms with van der Waals surface area (Å²) in [5.74, 6) is -0.305. The van der Waals surface area contributed by atoms with Gasteiger partial charge >= 0.3 is 0 Å². The summed E-state index contributed by atoms with van der Waals surface area (Å²) in [6, 6.07) is 26.5. The van der Waals surface area contributed by atoms with Gasteiger partial charge in [-0.15, -0.1) is 0 Å². The van der Waals surface area contributed by atoms with E-state index in [0.29, 0.717) is 37.6 Å². The van der Waals surface area contributed by atoms with Crippen molar-refractivity contribution in [2.75, 3.05) is 31.1 Å². The average Bonchev–Trinajstić information content (AvgIpc) is 3.31. The third-order valence-corrected chi connectivity index (χ3v) is 6.04. The van der Waals surface area contributed by atoms with E-state index in [1.54, 1.807) is 16.8 Å². The van der Waals surface area contributed by atoms with Gasteiger partial charge in [0.15, 0.2) is 0 Å². The van der Waals surface area contributed by atoms with Crippen LogP contribution in [0.5, 0.6) is 0 Å². The lowest BCUT2D eigenvalue weighted by atomic mass is 10.1. The molecule has 1 aromatic heterocycles. The van der Waals surface area contributed by atoms with Gasteiger partial charge in [0, 0.05) is 31.7 Å². The van der Waals surface area contributed by atoms with E-state index in [-0.39, 0.29) is 11.7 Å². The molecular formula is C27H25FN4O. The summed E-state index contributed by atoms with van der Waals surface area (Å²) >= 11 is 0. The highest BCUT2D eigenvalue weighted by molar-refractivity contribution is 5.94. The SMILES string of the molecule is Cc1ccc(-n2nc(-c3ccccc3)cc2C(=O)N2CCN(c3ccccc3F)CC2)cc1. The Hall–Kier alpha value is -3.93. The minimum Gasteiger partial charge on any atom is -0.366 e. The molecule has 0 spiro atoms. The quantitative estimate of drug-likeness (QED) is 0.451. The molecule has 0 saturated carbocycles. The third kappa shape index (κ3) is 4.24. The van der Waals surface area contributed by atoms with Crippen molar-refractivity contribution < 1.29 is 9.18 Å². The molecule has 1 amide bonds. The minimum atomic E-state index is -0.234. The fraction of sp³-hybridized carbons (Fsp3) is 0.185. The van der Waals surface area contributed by atoms with Crippen LogP contribution in [0.25, 0.3) is 16.9 Å². The summed E-state index contributed by atoms with van der Waals surface area (Å²) in [5, 5.41) is 4.78. The number of halogens is 1. The normalized spacial score (nSPS) is 13.9. The van der Waals surface area contributed by atoms with Crippen LogP contribution in [0.15, 0.2) is 84.9 Å². The van der Waals surface area contributed by atoms with Gasteiger partial charge in [0.05, 0.1) is 17.1 Å². The second-order valence-electron chi connectivity index (χ2n) is 8.26. The number of aryl methyl sites for hydroxylation is 1. The first-order chi connectivity index (χ1) is 16.1. The molecule has 3 aromatic carbocycles. The van der Waals surface area contributed by atoms with E-state index in [1.165, 1.54) is 6.07 Å². The zero-order chi connectivity index (χ0) is 22.8. The molecule has 1 fully saturated rings. The van der Waals surface area contributed by atoms with Crippen molar-refractivity contribution in [2.24, 2.45) is 0 Å². The lowest BCUT2D eigenvalue weighted by molar-refractivity contribution is 0.0737. The average molecular weight is 441 g/mol. The van der Waals surface area contributed by atoms with Crippen LogP contribution in [-0.2, 0) is 0 Å². The van der Waals surface area contributed by atoms with Crippen molar-refractivity contribution in [2.45, 2.75) is 6.92 Å². The van der Waals surface area contributed by atoms with E-state index in [1.807, 2.05) is 83.5 Å². The Kier molecular flexibility index (Phi) is 5.65. The van der Waals surface area contributed by atoms with Gasteiger partial charge in [-0.1, -0.05) is 60.2 Å². The summed E-state index contributed by atoms with van der Waals surface area (Å²) in [4.78, 5) is 17.4. The van der Waals surface area contributed by atoms with Crippen LogP contribution in [0.2, 0.25) is 0 Å². The number of amides is 1. The van der Waals surface area contributed by atoms with Gasteiger partial charge in [-0.2, -0.15) is 5.10 Å². The van der Waals surface area contributed by atoms with Crippen LogP contribution >= 0.6 is 0 Å². The van der Waals surface area contributed by atoms with E-state index < -0.39 is 0 Å². The first-order valence-corrected chi connectivity index (χ1v) is 11.1. The number of carbonyl (C=O) groups is 1. The lowest BCUT2D eigenvalue weighted by Crippen LogP contribution is -2.49. The molecule has 0 aliphatic carbocycles. The Morgan fingerprint density at radius 1 is 0.848 bits per heavy atom. The molecule has 0 unspecified atom stereocenters. The number of anilines is 1. The van der Waals surface area contributed by atoms with Crippen molar-refractivity contribution >= 4 is 11.6 Å². The number of nitrogens with zero attached hydrogens (tertiary/aromatic N) is 4. The fourth-order valence-electron chi connectivity index (χ4n) is 4.19. The smallest absolute Gasteiger partial charge is 0.272 e. The maximum absolute atomic E-state index is 14.2. The van der Waals surface area contributed by atoms with Gasteiger partial charge in [-0.25, -0.2) is 9.07 Å². The van der Waals surface area contributed by atoms with Gasteiger partial charge in [-0.3, -0.25) is 4.79 Å². The van der Waals surface area contributed by atoms with Crippen molar-refractivity contribution in [3.05, 3.63) is 102 Å². The first kappa shape index (κ1) is 20.9. The standard InChI is InChI=1S/C27H25FN4O/c1-20-11-13-22(14-12-20)32-26(19-24(29-32)21-7-3-2-4-8-21)27(33)31-17-15-30(16-18-31)25-10-6-5-9-23(25)28/h2-14,19H,15-18H2,1H3. The number of aromatic nitrogens is 2. The Labute approximate surface area is 192 Å². The Balaban J connectivity index is 1.43. The van der Waals surface area contributed by atoms with Crippen LogP contribution in [-0.4, -0.2) is 46.8 Å². The van der Waals surface area contributed by atoms with Crippen LogP contribution in [0.1, 0.15) is 16.1 Å². The Bertz CT molecular complexity index is 1260. The van der Waals surface area contributed by atoms with Gasteiger partial charge in [-0.05, 0) is 37.3 Å². The van der Waals surface area contributed by atoms with Crippen molar-refractivity contribution in [3.63, 3.8) is 0 Å². The number of benzene rings is 3. The number of hydrogen-bond acceptors (Lipinski definition) is 3. The third-order valence-electron chi connectivity index (χ3n) is 6.04. The van der Waals surface area contributed by atoms with E-state index in [9.17, 15) is 9.18 Å². The monoisotopic (exact) mass is 440 g/mol. The van der Waals surface area contributed by atoms with Crippen LogP contribution < -0.4 is 4.90 Å². The summed E-state index contributed by atoms with van der Waals surface area (Å²) in [5.41, 5.74) is 4.81. The lowest BCUT2D eigenvalue weighted by Gasteiger charge is -2.36. The van der Waals surface area contributed by atoms with E-state index in [0.717, 1.165) is 22.5 Å². The van der Waals surface area contributed by atoms with Crippen LogP contribution in [0, 0.1) is 12.7 Å². The van der Waals surface area contributed by atoms with Crippen molar-refractivity contribution in [1.29, 1.82) is 0 Å². The minimum absolute atomic E-state index is 0.0709. The van der Waals surface area contributed by atoms with Crippen molar-refractivity contribution in [1.82, 2.24) is 14.7 Å². The number of hydrogen-bond donors (Lipinski definition) is 0. The fourth-order valence-corrected chi connectivity index (χ4v) is 4.19. The number of para-hydroxylation sites is 1. The molecule has 1 saturated heterocycles. The zero-order valence-electron chi connectivity index (χ0n) is 18.5. The molecular weight excluding hydrogens is 415 g/mol. The number of carbonyl (C=O) groups excluding carboxylic acids is 1. The maximum atomic E-state index is 14.2. The molecule has 1 aliphatic heterocycles. The first-order valence-electron chi connectivity index (χ1n) is 11.1. The number of piperazine rings is 1. The van der Waals surface area contributed by atoms with Gasteiger partial charge in [0.1, 0.15) is 11.5 Å². The van der Waals surface area contributed by atoms with Gasteiger partial charge in [0.2, 0.25) is 0 Å². The molecule has 1 aliphatic rings. The van der Waals surface area contributed by atoms with Gasteiger partial charge < -0.3 is 9.80 Å². The molecule has 33 heavy (non-hydrogen) atoms. The van der Waals surface area contributed by atoms with E-state index >= 15 is 0 Å². The van der Waals surface area contributed by atoms with Crippen LogP contribution in [0.3, 0.4) is 0 Å². The second kappa shape index (κ2) is 8.90. The van der Waals surface area contributed by atoms with Gasteiger partial charge in [0.25, 0.3) is 5.91 Å². The molecule has 2 heterocycles. The summed E-state index contributed by atoms with van der Waals surface area (Å²) < 4.78 is 15.9. The summed E-state index contributed by atoms with van der Waals surface area (Å²) in [6.07, 6.45) is 0. The second-order valence-corrected chi connectivity index (χ2v) is 8.26. The molecule has 5 nitrogen and oxygen atoms in total. The molecule has 4 aromatic rings. The largest absolute Gasteiger partial charge is 0.366 e. The zero-order valence-corrected chi connectivity index (χ0v) is 18.5. The molecule has 0 bridgehead atoms. The van der Waals surface area contributed by atoms with E-state index in [2.05, 4.69) is 0 Å². The summed E-state index contributed by atoms with van der Waals surface area (Å²) in [6.45, 7) is 4.23. The Morgan fingerprint density at radius 3 is 2.21 bits per heavy atom. The molecule has 0 radical (unpaired) electrons. The molecule has 5 rings (SSSR count). The molecule has 0 atom stereocenters. The summed E-state index contributed by atoms with van der Waals surface area (Å²) in [7, 11) is 0. The van der Waals surface area contributed by atoms with Crippen molar-refractivity contribution in [3.8, 4) is 16.9 Å². The highest BCUT2D eigenvalue weighted by Gasteiger charge is 2.27.